The van der Waals surface area contributed by atoms with Crippen molar-refractivity contribution in [2.45, 2.75) is 33.6 Å². The zero-order valence-corrected chi connectivity index (χ0v) is 8.22. The maximum atomic E-state index is 12.3. The molecule has 0 aliphatic heterocycles. The Kier molecular flexibility index (Phi) is 5.58. The van der Waals surface area contributed by atoms with E-state index in [1.807, 2.05) is 0 Å². The van der Waals surface area contributed by atoms with Crippen LogP contribution in [0.3, 0.4) is 0 Å². The lowest BCUT2D eigenvalue weighted by Crippen LogP contribution is -2.27. The molecule has 0 aliphatic carbocycles. The summed E-state index contributed by atoms with van der Waals surface area (Å²) >= 11 is 0. The van der Waals surface area contributed by atoms with Crippen molar-refractivity contribution in [3.05, 3.63) is 0 Å². The summed E-state index contributed by atoms with van der Waals surface area (Å²) in [4.78, 5) is 11.2. The van der Waals surface area contributed by atoms with Crippen LogP contribution in [0.4, 0.5) is 8.78 Å². The predicted molar refractivity (Wildman–Crippen MR) is 45.6 cm³/mol. The Hall–Kier alpha value is -0.670. The Labute approximate surface area is 77.3 Å². The Morgan fingerprint density at radius 1 is 1.38 bits per heavy atom. The second kappa shape index (κ2) is 5.89. The fourth-order valence-electron chi connectivity index (χ4n) is 1.18. The first-order valence-corrected chi connectivity index (χ1v) is 4.49. The summed E-state index contributed by atoms with van der Waals surface area (Å²) in [6.45, 7) is 4.99. The summed E-state index contributed by atoms with van der Waals surface area (Å²) in [5.74, 6) is -2.12. The summed E-state index contributed by atoms with van der Waals surface area (Å²) in [6, 6.07) is 0. The van der Waals surface area contributed by atoms with Crippen LogP contribution in [0.25, 0.3) is 0 Å². The number of esters is 1. The number of ether oxygens (including phenoxy) is 1. The molecular weight excluding hydrogens is 178 g/mol. The quantitative estimate of drug-likeness (QED) is 0.628. The molecule has 0 rings (SSSR count). The van der Waals surface area contributed by atoms with Crippen molar-refractivity contribution in [2.24, 2.45) is 11.8 Å². The first kappa shape index (κ1) is 12.3. The van der Waals surface area contributed by atoms with Crippen LogP contribution in [0, 0.1) is 11.8 Å². The van der Waals surface area contributed by atoms with Gasteiger partial charge in [-0.2, -0.15) is 0 Å². The molecule has 4 heteroatoms. The number of alkyl halides is 2. The molecule has 0 spiro atoms. The average Bonchev–Trinajstić information content (AvgIpc) is 2.05. The van der Waals surface area contributed by atoms with E-state index < -0.39 is 24.2 Å². The molecule has 0 amide bonds. The molecule has 0 radical (unpaired) electrons. The fourth-order valence-corrected chi connectivity index (χ4v) is 1.18. The molecule has 0 bridgehead atoms. The van der Waals surface area contributed by atoms with Gasteiger partial charge < -0.3 is 4.74 Å². The largest absolute Gasteiger partial charge is 0.466 e. The van der Waals surface area contributed by atoms with Crippen molar-refractivity contribution in [3.8, 4) is 0 Å². The predicted octanol–water partition coefficient (Wildman–Crippen LogP) is 2.48. The zero-order valence-electron chi connectivity index (χ0n) is 8.22. The first-order valence-electron chi connectivity index (χ1n) is 4.49. The van der Waals surface area contributed by atoms with E-state index in [0.717, 1.165) is 0 Å². The number of rotatable bonds is 5. The summed E-state index contributed by atoms with van der Waals surface area (Å²) in [7, 11) is 0. The zero-order chi connectivity index (χ0) is 10.4. The van der Waals surface area contributed by atoms with E-state index in [9.17, 15) is 13.6 Å². The summed E-state index contributed by atoms with van der Waals surface area (Å²) in [6.07, 6.45) is -2.07. The Morgan fingerprint density at radius 2 is 1.92 bits per heavy atom. The highest BCUT2D eigenvalue weighted by Crippen LogP contribution is 2.23. The molecule has 0 saturated heterocycles. The van der Waals surface area contributed by atoms with E-state index in [0.29, 0.717) is 6.42 Å². The Bertz CT molecular complexity index is 160. The lowest BCUT2D eigenvalue weighted by atomic mass is 9.92. The molecule has 0 heterocycles. The van der Waals surface area contributed by atoms with Crippen molar-refractivity contribution in [2.75, 3.05) is 6.61 Å². The van der Waals surface area contributed by atoms with Gasteiger partial charge in [-0.3, -0.25) is 4.79 Å². The molecule has 2 nitrogen and oxygen atoms in total. The van der Waals surface area contributed by atoms with Crippen LogP contribution in [0.5, 0.6) is 0 Å². The summed E-state index contributed by atoms with van der Waals surface area (Å²) in [5, 5.41) is 0. The van der Waals surface area contributed by atoms with Gasteiger partial charge in [-0.05, 0) is 13.3 Å². The number of halogens is 2. The smallest absolute Gasteiger partial charge is 0.309 e. The van der Waals surface area contributed by atoms with Crippen LogP contribution in [-0.2, 0) is 9.53 Å². The van der Waals surface area contributed by atoms with Gasteiger partial charge in [0.2, 0.25) is 6.43 Å². The van der Waals surface area contributed by atoms with Gasteiger partial charge in [-0.25, -0.2) is 8.78 Å². The Morgan fingerprint density at radius 3 is 2.23 bits per heavy atom. The van der Waals surface area contributed by atoms with E-state index in [4.69, 9.17) is 4.74 Å². The van der Waals surface area contributed by atoms with Gasteiger partial charge >= 0.3 is 5.97 Å². The van der Waals surface area contributed by atoms with Crippen LogP contribution < -0.4 is 0 Å². The molecule has 0 aromatic carbocycles. The highest BCUT2D eigenvalue weighted by Gasteiger charge is 2.30. The fraction of sp³-hybridized carbons (Fsp3) is 0.889. The van der Waals surface area contributed by atoms with Crippen LogP contribution in [0.2, 0.25) is 0 Å². The third-order valence-electron chi connectivity index (χ3n) is 2.06. The number of hydrogen-bond acceptors (Lipinski definition) is 2. The SMILES string of the molecule is CCOC(=O)C(CC)C(C)C(F)F. The van der Waals surface area contributed by atoms with Crippen LogP contribution in [0.1, 0.15) is 27.2 Å². The van der Waals surface area contributed by atoms with E-state index in [2.05, 4.69) is 0 Å². The monoisotopic (exact) mass is 194 g/mol. The molecule has 0 aliphatic rings. The van der Waals surface area contributed by atoms with Crippen LogP contribution >= 0.6 is 0 Å². The third kappa shape index (κ3) is 3.70. The maximum Gasteiger partial charge on any atom is 0.309 e. The lowest BCUT2D eigenvalue weighted by molar-refractivity contribution is -0.152. The molecule has 0 aromatic heterocycles. The van der Waals surface area contributed by atoms with Crippen molar-refractivity contribution in [3.63, 3.8) is 0 Å². The van der Waals surface area contributed by atoms with Crippen LogP contribution in [0.15, 0.2) is 0 Å². The van der Waals surface area contributed by atoms with Crippen molar-refractivity contribution in [1.82, 2.24) is 0 Å². The average molecular weight is 194 g/mol. The summed E-state index contributed by atoms with van der Waals surface area (Å²) < 4.78 is 29.2. The Balaban J connectivity index is 4.23. The van der Waals surface area contributed by atoms with E-state index in [-0.39, 0.29) is 6.61 Å². The second-order valence-electron chi connectivity index (χ2n) is 2.96. The van der Waals surface area contributed by atoms with Gasteiger partial charge in [-0.15, -0.1) is 0 Å². The number of hydrogen-bond donors (Lipinski definition) is 0. The highest BCUT2D eigenvalue weighted by atomic mass is 19.3. The minimum absolute atomic E-state index is 0.241. The summed E-state index contributed by atoms with van der Waals surface area (Å²) in [5.41, 5.74) is 0. The molecule has 0 aromatic rings. The first-order chi connectivity index (χ1) is 6.04. The van der Waals surface area contributed by atoms with Crippen molar-refractivity contribution in [1.29, 1.82) is 0 Å². The van der Waals surface area contributed by atoms with E-state index in [1.54, 1.807) is 13.8 Å². The topological polar surface area (TPSA) is 26.3 Å². The van der Waals surface area contributed by atoms with Gasteiger partial charge in [-0.1, -0.05) is 13.8 Å². The molecule has 0 N–H and O–H groups in total. The molecule has 2 unspecified atom stereocenters. The lowest BCUT2D eigenvalue weighted by Gasteiger charge is -2.19. The number of carbonyl (C=O) groups is 1. The maximum absolute atomic E-state index is 12.3. The molecule has 13 heavy (non-hydrogen) atoms. The standard InChI is InChI=1S/C9H16F2O2/c1-4-7(6(3)8(10)11)9(12)13-5-2/h6-8H,4-5H2,1-3H3. The molecule has 0 fully saturated rings. The van der Waals surface area contributed by atoms with E-state index in [1.165, 1.54) is 6.92 Å². The van der Waals surface area contributed by atoms with Crippen LogP contribution in [-0.4, -0.2) is 19.0 Å². The molecule has 2 atom stereocenters. The third-order valence-corrected chi connectivity index (χ3v) is 2.06. The van der Waals surface area contributed by atoms with Gasteiger partial charge in [0, 0.05) is 5.92 Å². The minimum atomic E-state index is -2.46. The molecule has 0 saturated carbocycles. The normalized spacial score (nSPS) is 15.5. The molecular formula is C9H16F2O2. The van der Waals surface area contributed by atoms with Gasteiger partial charge in [0.05, 0.1) is 12.5 Å². The van der Waals surface area contributed by atoms with E-state index >= 15 is 0 Å². The second-order valence-corrected chi connectivity index (χ2v) is 2.96. The van der Waals surface area contributed by atoms with Gasteiger partial charge in [0.1, 0.15) is 0 Å². The number of carbonyl (C=O) groups excluding carboxylic acids is 1. The molecule has 78 valence electrons. The minimum Gasteiger partial charge on any atom is -0.466 e. The van der Waals surface area contributed by atoms with Crippen molar-refractivity contribution >= 4 is 5.97 Å². The van der Waals surface area contributed by atoms with Gasteiger partial charge in [0.25, 0.3) is 0 Å². The van der Waals surface area contributed by atoms with Gasteiger partial charge in [0.15, 0.2) is 0 Å². The highest BCUT2D eigenvalue weighted by molar-refractivity contribution is 5.72. The van der Waals surface area contributed by atoms with Crippen molar-refractivity contribution < 1.29 is 18.3 Å².